The molecule has 0 radical (unpaired) electrons. The van der Waals surface area contributed by atoms with Gasteiger partial charge in [0.25, 0.3) is 5.91 Å². The molecule has 1 aliphatic heterocycles. The molecular formula is C23H30ClN3O2S. The topological polar surface area (TPSA) is 61.4 Å². The first-order valence-corrected chi connectivity index (χ1v) is 12.1. The van der Waals surface area contributed by atoms with E-state index in [1.54, 1.807) is 12.1 Å². The van der Waals surface area contributed by atoms with E-state index < -0.39 is 5.54 Å². The van der Waals surface area contributed by atoms with E-state index in [2.05, 4.69) is 28.7 Å². The monoisotopic (exact) mass is 447 g/mol. The first kappa shape index (κ1) is 21.6. The molecule has 1 aromatic heterocycles. The highest BCUT2D eigenvalue weighted by Gasteiger charge is 2.41. The van der Waals surface area contributed by atoms with Crippen molar-refractivity contribution in [2.45, 2.75) is 63.3 Å². The molecular weight excluding hydrogens is 418 g/mol. The Labute approximate surface area is 187 Å². The van der Waals surface area contributed by atoms with Gasteiger partial charge in [0.05, 0.1) is 9.21 Å². The first-order chi connectivity index (χ1) is 14.4. The van der Waals surface area contributed by atoms with Crippen molar-refractivity contribution in [2.75, 3.05) is 20.1 Å². The summed E-state index contributed by atoms with van der Waals surface area (Å²) in [6.07, 6.45) is 10.6. The van der Waals surface area contributed by atoms with Crippen LogP contribution in [0.2, 0.25) is 4.34 Å². The Morgan fingerprint density at radius 3 is 2.57 bits per heavy atom. The van der Waals surface area contributed by atoms with Crippen LogP contribution < -0.4 is 10.6 Å². The number of halogens is 1. The lowest BCUT2D eigenvalue weighted by molar-refractivity contribution is -0.128. The molecule has 0 aromatic carbocycles. The minimum atomic E-state index is -0.842. The van der Waals surface area contributed by atoms with Gasteiger partial charge in [0.1, 0.15) is 5.54 Å². The second-order valence-corrected chi connectivity index (χ2v) is 10.5. The minimum Gasteiger partial charge on any atom is -0.337 e. The molecule has 0 bridgehead atoms. The average molecular weight is 448 g/mol. The van der Waals surface area contributed by atoms with E-state index in [0.717, 1.165) is 63.7 Å². The molecule has 5 nitrogen and oxygen atoms in total. The van der Waals surface area contributed by atoms with E-state index >= 15 is 0 Å². The Morgan fingerprint density at radius 1 is 1.07 bits per heavy atom. The fourth-order valence-electron chi connectivity index (χ4n) is 4.76. The van der Waals surface area contributed by atoms with Gasteiger partial charge in [0.15, 0.2) is 0 Å². The third-order valence-corrected chi connectivity index (χ3v) is 7.85. The summed E-state index contributed by atoms with van der Waals surface area (Å²) in [6, 6.07) is 3.44. The summed E-state index contributed by atoms with van der Waals surface area (Å²) in [5, 5.41) is 6.27. The third kappa shape index (κ3) is 4.82. The van der Waals surface area contributed by atoms with Gasteiger partial charge in [-0.15, -0.1) is 11.3 Å². The number of rotatable bonds is 4. The second kappa shape index (κ2) is 9.25. The highest BCUT2D eigenvalue weighted by molar-refractivity contribution is 7.18. The Kier molecular flexibility index (Phi) is 6.66. The maximum Gasteiger partial charge on any atom is 0.262 e. The van der Waals surface area contributed by atoms with E-state index in [9.17, 15) is 9.59 Å². The molecule has 30 heavy (non-hydrogen) atoms. The number of allylic oxidation sites excluding steroid dienone is 2. The van der Waals surface area contributed by atoms with Crippen LogP contribution in [0.5, 0.6) is 0 Å². The van der Waals surface area contributed by atoms with Gasteiger partial charge in [-0.3, -0.25) is 9.59 Å². The van der Waals surface area contributed by atoms with Gasteiger partial charge in [-0.25, -0.2) is 0 Å². The number of hydrogen-bond acceptors (Lipinski definition) is 4. The zero-order valence-electron chi connectivity index (χ0n) is 17.6. The zero-order valence-corrected chi connectivity index (χ0v) is 19.1. The maximum absolute atomic E-state index is 13.4. The quantitative estimate of drug-likeness (QED) is 0.706. The van der Waals surface area contributed by atoms with E-state index in [4.69, 9.17) is 11.6 Å². The van der Waals surface area contributed by atoms with Crippen molar-refractivity contribution >= 4 is 34.8 Å². The van der Waals surface area contributed by atoms with Gasteiger partial charge in [-0.05, 0) is 69.4 Å². The van der Waals surface area contributed by atoms with Crippen molar-refractivity contribution in [3.8, 4) is 0 Å². The molecule has 1 fully saturated rings. The van der Waals surface area contributed by atoms with Crippen molar-refractivity contribution in [1.29, 1.82) is 0 Å². The largest absolute Gasteiger partial charge is 0.337 e. The standard InChI is InChI=1S/C23H30ClN3O2S/c1-27-13-9-16-5-6-18(15-17(16)10-14-27)25-22(29)23(11-3-2-4-12-23)26-21(28)19-7-8-20(24)30-19/h7-8,15H,2-6,9-14H2,1H3,(H,25,29)(H,26,28). The number of nitrogens with zero attached hydrogens (tertiary/aromatic N) is 1. The van der Waals surface area contributed by atoms with Crippen LogP contribution in [0.4, 0.5) is 0 Å². The van der Waals surface area contributed by atoms with Gasteiger partial charge >= 0.3 is 0 Å². The summed E-state index contributed by atoms with van der Waals surface area (Å²) in [6.45, 7) is 2.16. The lowest BCUT2D eigenvalue weighted by Crippen LogP contribution is -2.59. The van der Waals surface area contributed by atoms with Crippen LogP contribution in [0.25, 0.3) is 0 Å². The summed E-state index contributed by atoms with van der Waals surface area (Å²) >= 11 is 7.24. The summed E-state index contributed by atoms with van der Waals surface area (Å²) in [7, 11) is 2.17. The molecule has 2 aliphatic carbocycles. The highest BCUT2D eigenvalue weighted by Crippen LogP contribution is 2.33. The van der Waals surface area contributed by atoms with E-state index in [1.807, 2.05) is 0 Å². The number of carbonyl (C=O) groups excluding carboxylic acids is 2. The number of thiophene rings is 1. The van der Waals surface area contributed by atoms with Crippen LogP contribution in [0.3, 0.4) is 0 Å². The summed E-state index contributed by atoms with van der Waals surface area (Å²) < 4.78 is 0.577. The van der Waals surface area contributed by atoms with Gasteiger partial charge in [-0.2, -0.15) is 0 Å². The fraction of sp³-hybridized carbons (Fsp3) is 0.565. The molecule has 0 unspecified atom stereocenters. The van der Waals surface area contributed by atoms with Crippen molar-refractivity contribution in [3.63, 3.8) is 0 Å². The van der Waals surface area contributed by atoms with Gasteiger partial charge in [0, 0.05) is 18.8 Å². The SMILES string of the molecule is CN1CCC2=C(CCC(NC(=O)C3(NC(=O)c4ccc(Cl)s4)CCCCC3)=C2)CC1. The maximum atomic E-state index is 13.4. The van der Waals surface area contributed by atoms with Crippen LogP contribution in [-0.4, -0.2) is 42.4 Å². The van der Waals surface area contributed by atoms with Crippen LogP contribution in [0.1, 0.15) is 67.5 Å². The van der Waals surface area contributed by atoms with Gasteiger partial charge < -0.3 is 15.5 Å². The average Bonchev–Trinajstić information content (AvgIpc) is 3.09. The molecule has 0 saturated heterocycles. The lowest BCUT2D eigenvalue weighted by atomic mass is 9.80. The normalized spacial score (nSPS) is 22.0. The molecule has 3 aliphatic rings. The molecule has 4 rings (SSSR count). The molecule has 1 saturated carbocycles. The number of nitrogens with one attached hydrogen (secondary N) is 2. The molecule has 162 valence electrons. The summed E-state index contributed by atoms with van der Waals surface area (Å²) in [5.41, 5.74) is 3.07. The Balaban J connectivity index is 1.49. The number of hydrogen-bond donors (Lipinski definition) is 2. The molecule has 2 heterocycles. The third-order valence-electron chi connectivity index (χ3n) is 6.62. The zero-order chi connectivity index (χ0) is 21.1. The summed E-state index contributed by atoms with van der Waals surface area (Å²) in [4.78, 5) is 29.2. The lowest BCUT2D eigenvalue weighted by Gasteiger charge is -2.37. The van der Waals surface area contributed by atoms with E-state index in [0.29, 0.717) is 22.1 Å². The molecule has 2 N–H and O–H groups in total. The number of carbonyl (C=O) groups is 2. The van der Waals surface area contributed by atoms with Crippen LogP contribution in [0.15, 0.2) is 35.1 Å². The second-order valence-electron chi connectivity index (χ2n) is 8.76. The van der Waals surface area contributed by atoms with E-state index in [1.165, 1.54) is 22.5 Å². The fourth-order valence-corrected chi connectivity index (χ4v) is 5.70. The minimum absolute atomic E-state index is 0.0701. The smallest absolute Gasteiger partial charge is 0.262 e. The Bertz CT molecular complexity index is 883. The number of amides is 2. The highest BCUT2D eigenvalue weighted by atomic mass is 35.5. The molecule has 1 aromatic rings. The van der Waals surface area contributed by atoms with Crippen molar-refractivity contribution in [3.05, 3.63) is 44.3 Å². The van der Waals surface area contributed by atoms with Crippen molar-refractivity contribution < 1.29 is 9.59 Å². The molecule has 2 amide bonds. The van der Waals surface area contributed by atoms with Crippen LogP contribution in [-0.2, 0) is 4.79 Å². The molecule has 0 spiro atoms. The predicted molar refractivity (Wildman–Crippen MR) is 122 cm³/mol. The Hall–Kier alpha value is -1.63. The van der Waals surface area contributed by atoms with Crippen molar-refractivity contribution in [2.24, 2.45) is 0 Å². The molecule has 7 heteroatoms. The van der Waals surface area contributed by atoms with Crippen molar-refractivity contribution in [1.82, 2.24) is 15.5 Å². The van der Waals surface area contributed by atoms with Gasteiger partial charge in [0.2, 0.25) is 5.91 Å². The predicted octanol–water partition coefficient (Wildman–Crippen LogP) is 4.65. The first-order valence-electron chi connectivity index (χ1n) is 10.9. The Morgan fingerprint density at radius 2 is 1.83 bits per heavy atom. The van der Waals surface area contributed by atoms with Gasteiger partial charge in [-0.1, -0.05) is 36.4 Å². The van der Waals surface area contributed by atoms with Crippen LogP contribution >= 0.6 is 22.9 Å². The van der Waals surface area contributed by atoms with Crippen LogP contribution in [0, 0.1) is 0 Å². The molecule has 0 atom stereocenters. The van der Waals surface area contributed by atoms with E-state index in [-0.39, 0.29) is 11.8 Å². The summed E-state index contributed by atoms with van der Waals surface area (Å²) in [5.74, 6) is -0.280.